The topological polar surface area (TPSA) is 93.5 Å². The fourth-order valence-electron chi connectivity index (χ4n) is 2.89. The Morgan fingerprint density at radius 1 is 1.22 bits per heavy atom. The van der Waals surface area contributed by atoms with Gasteiger partial charge in [-0.15, -0.1) is 0 Å². The Hall–Kier alpha value is -2.67. The molecule has 0 saturated heterocycles. The van der Waals surface area contributed by atoms with Gasteiger partial charge < -0.3 is 15.2 Å². The van der Waals surface area contributed by atoms with Crippen molar-refractivity contribution >= 4 is 11.9 Å². The second-order valence-corrected chi connectivity index (χ2v) is 6.70. The Balaban J connectivity index is 2.17. The average molecular weight is 373 g/mol. The molecule has 0 aliphatic heterocycles. The van der Waals surface area contributed by atoms with E-state index in [0.717, 1.165) is 22.6 Å². The van der Waals surface area contributed by atoms with Crippen LogP contribution in [0.25, 0.3) is 5.69 Å². The zero-order valence-electron chi connectivity index (χ0n) is 16.4. The van der Waals surface area contributed by atoms with Gasteiger partial charge in [-0.05, 0) is 63.9 Å². The molecule has 1 aromatic heterocycles. The Morgan fingerprint density at radius 3 is 2.41 bits per heavy atom. The molecule has 0 aliphatic rings. The third-order valence-electron chi connectivity index (χ3n) is 4.84. The minimum absolute atomic E-state index is 0.0740. The molecular weight excluding hydrogens is 346 g/mol. The number of carboxylic acids is 1. The zero-order valence-corrected chi connectivity index (χ0v) is 16.4. The number of benzene rings is 1. The number of rotatable bonds is 8. The highest BCUT2D eigenvalue weighted by Crippen LogP contribution is 2.20. The van der Waals surface area contributed by atoms with Crippen molar-refractivity contribution in [3.63, 3.8) is 0 Å². The molecule has 27 heavy (non-hydrogen) atoms. The largest absolute Gasteiger partial charge is 0.481 e. The zero-order chi connectivity index (χ0) is 20.1. The maximum atomic E-state index is 12.4. The average Bonchev–Trinajstić information content (AvgIpc) is 2.93. The number of ether oxygens (including phenoxy) is 1. The van der Waals surface area contributed by atoms with Gasteiger partial charge in [-0.25, -0.2) is 4.68 Å². The number of aromatic nitrogens is 2. The van der Waals surface area contributed by atoms with Crippen molar-refractivity contribution in [2.75, 3.05) is 7.11 Å². The van der Waals surface area contributed by atoms with Gasteiger partial charge in [-0.1, -0.05) is 0 Å². The van der Waals surface area contributed by atoms with Crippen molar-refractivity contribution in [3.05, 3.63) is 46.8 Å². The summed E-state index contributed by atoms with van der Waals surface area (Å²) in [5.41, 5.74) is 4.06. The van der Waals surface area contributed by atoms with E-state index in [4.69, 9.17) is 9.84 Å². The number of nitrogens with zero attached hydrogens (tertiary/aromatic N) is 2. The van der Waals surface area contributed by atoms with E-state index in [-0.39, 0.29) is 24.5 Å². The van der Waals surface area contributed by atoms with Crippen LogP contribution < -0.4 is 5.32 Å². The molecule has 1 amide bonds. The third-order valence-corrected chi connectivity index (χ3v) is 4.84. The molecule has 2 aromatic rings. The number of methoxy groups -OCH3 is 1. The summed E-state index contributed by atoms with van der Waals surface area (Å²) in [4.78, 5) is 23.2. The Labute approximate surface area is 159 Å². The molecule has 0 radical (unpaired) electrons. The lowest BCUT2D eigenvalue weighted by Crippen LogP contribution is -2.40. The molecule has 0 saturated carbocycles. The van der Waals surface area contributed by atoms with Gasteiger partial charge in [0.25, 0.3) is 5.91 Å². The first-order valence-corrected chi connectivity index (χ1v) is 8.95. The number of nitrogens with one attached hydrogen (secondary N) is 1. The second kappa shape index (κ2) is 8.81. The molecule has 1 aromatic carbocycles. The molecule has 0 bridgehead atoms. The monoisotopic (exact) mass is 373 g/mol. The number of carboxylic acid groups (broad SMARTS) is 1. The van der Waals surface area contributed by atoms with Crippen LogP contribution in [0.15, 0.2) is 24.3 Å². The number of hydrogen-bond donors (Lipinski definition) is 2. The quantitative estimate of drug-likeness (QED) is 0.742. The lowest BCUT2D eigenvalue weighted by atomic mass is 10.1. The highest BCUT2D eigenvalue weighted by Gasteiger charge is 2.17. The fraction of sp³-hybridized carbons (Fsp3) is 0.450. The summed E-state index contributed by atoms with van der Waals surface area (Å²) >= 11 is 0. The molecule has 0 fully saturated rings. The fourth-order valence-corrected chi connectivity index (χ4v) is 2.89. The van der Waals surface area contributed by atoms with Crippen LogP contribution in [0.5, 0.6) is 0 Å². The maximum absolute atomic E-state index is 12.4. The highest BCUT2D eigenvalue weighted by molar-refractivity contribution is 5.94. The normalized spacial score (nSPS) is 13.2. The number of carbonyl (C=O) groups excluding carboxylic acids is 1. The molecule has 2 atom stereocenters. The SMILES string of the molecule is COC(C)[C@H](C)NC(=O)c1ccc(-n2nc(C)c(CCC(=O)O)c2C)cc1. The number of aliphatic carboxylic acids is 1. The molecule has 2 rings (SSSR count). The second-order valence-electron chi connectivity index (χ2n) is 6.70. The van der Waals surface area contributed by atoms with Gasteiger partial charge in [-0.3, -0.25) is 9.59 Å². The summed E-state index contributed by atoms with van der Waals surface area (Å²) in [5.74, 6) is -0.984. The van der Waals surface area contributed by atoms with Crippen molar-refractivity contribution in [2.24, 2.45) is 0 Å². The molecule has 2 N–H and O–H groups in total. The first kappa shape index (κ1) is 20.6. The van der Waals surface area contributed by atoms with Gasteiger partial charge in [0.1, 0.15) is 0 Å². The van der Waals surface area contributed by atoms with Crippen molar-refractivity contribution in [1.29, 1.82) is 0 Å². The van der Waals surface area contributed by atoms with Crippen LogP contribution in [-0.2, 0) is 16.0 Å². The van der Waals surface area contributed by atoms with E-state index in [9.17, 15) is 9.59 Å². The summed E-state index contributed by atoms with van der Waals surface area (Å²) in [6.07, 6.45) is 0.445. The van der Waals surface area contributed by atoms with E-state index in [2.05, 4.69) is 10.4 Å². The molecule has 7 nitrogen and oxygen atoms in total. The molecule has 1 heterocycles. The van der Waals surface area contributed by atoms with E-state index in [1.165, 1.54) is 0 Å². The van der Waals surface area contributed by atoms with Crippen molar-refractivity contribution in [1.82, 2.24) is 15.1 Å². The molecule has 146 valence electrons. The van der Waals surface area contributed by atoms with Gasteiger partial charge in [0.2, 0.25) is 0 Å². The summed E-state index contributed by atoms with van der Waals surface area (Å²) < 4.78 is 7.01. The van der Waals surface area contributed by atoms with Crippen LogP contribution in [0.4, 0.5) is 0 Å². The summed E-state index contributed by atoms with van der Waals surface area (Å²) in [5, 5.41) is 16.3. The van der Waals surface area contributed by atoms with Crippen molar-refractivity contribution in [2.45, 2.75) is 52.7 Å². The smallest absolute Gasteiger partial charge is 0.303 e. The maximum Gasteiger partial charge on any atom is 0.303 e. The predicted molar refractivity (Wildman–Crippen MR) is 102 cm³/mol. The van der Waals surface area contributed by atoms with Crippen LogP contribution in [0.2, 0.25) is 0 Å². The molecule has 1 unspecified atom stereocenters. The molecule has 0 aliphatic carbocycles. The summed E-state index contributed by atoms with van der Waals surface area (Å²) in [6, 6.07) is 7.07. The summed E-state index contributed by atoms with van der Waals surface area (Å²) in [7, 11) is 1.61. The molecule has 0 spiro atoms. The van der Waals surface area contributed by atoms with Gasteiger partial charge in [0.05, 0.1) is 23.5 Å². The standard InChI is InChI=1S/C20H27N3O4/c1-12(15(4)27-5)21-20(26)16-6-8-17(9-7-16)23-14(3)18(13(2)22-23)10-11-19(24)25/h6-9,12,15H,10-11H2,1-5H3,(H,21,26)(H,24,25)/t12-,15?/m0/s1. The van der Waals surface area contributed by atoms with Crippen molar-refractivity contribution < 1.29 is 19.4 Å². The third kappa shape index (κ3) is 4.95. The van der Waals surface area contributed by atoms with Crippen LogP contribution >= 0.6 is 0 Å². The molecule has 7 heteroatoms. The van der Waals surface area contributed by atoms with E-state index < -0.39 is 5.97 Å². The number of carbonyl (C=O) groups is 2. The first-order valence-electron chi connectivity index (χ1n) is 8.95. The predicted octanol–water partition coefficient (Wildman–Crippen LogP) is 2.66. The number of amides is 1. The first-order chi connectivity index (χ1) is 12.7. The number of aryl methyl sites for hydroxylation is 1. The lowest BCUT2D eigenvalue weighted by Gasteiger charge is -2.19. The van der Waals surface area contributed by atoms with Gasteiger partial charge in [-0.2, -0.15) is 5.10 Å². The van der Waals surface area contributed by atoms with Crippen LogP contribution in [0.3, 0.4) is 0 Å². The minimum Gasteiger partial charge on any atom is -0.481 e. The van der Waals surface area contributed by atoms with Crippen LogP contribution in [0, 0.1) is 13.8 Å². The minimum atomic E-state index is -0.825. The highest BCUT2D eigenvalue weighted by atomic mass is 16.5. The van der Waals surface area contributed by atoms with Gasteiger partial charge in [0, 0.05) is 24.8 Å². The molecular formula is C20H27N3O4. The Kier molecular flexibility index (Phi) is 6.74. The van der Waals surface area contributed by atoms with Gasteiger partial charge in [0.15, 0.2) is 0 Å². The van der Waals surface area contributed by atoms with Crippen LogP contribution in [0.1, 0.15) is 47.6 Å². The van der Waals surface area contributed by atoms with E-state index in [0.29, 0.717) is 12.0 Å². The Morgan fingerprint density at radius 2 is 1.85 bits per heavy atom. The van der Waals surface area contributed by atoms with Crippen molar-refractivity contribution in [3.8, 4) is 5.69 Å². The summed E-state index contributed by atoms with van der Waals surface area (Å²) in [6.45, 7) is 7.60. The van der Waals surface area contributed by atoms with Crippen LogP contribution in [-0.4, -0.2) is 46.0 Å². The van der Waals surface area contributed by atoms with E-state index in [1.807, 2.05) is 39.8 Å². The van der Waals surface area contributed by atoms with E-state index >= 15 is 0 Å². The van der Waals surface area contributed by atoms with E-state index in [1.54, 1.807) is 23.9 Å². The van der Waals surface area contributed by atoms with Gasteiger partial charge >= 0.3 is 5.97 Å². The lowest BCUT2D eigenvalue weighted by molar-refractivity contribution is -0.136. The number of hydrogen-bond acceptors (Lipinski definition) is 4. The Bertz CT molecular complexity index is 811.